The van der Waals surface area contributed by atoms with E-state index in [1.807, 2.05) is 13.8 Å². The van der Waals surface area contributed by atoms with Crippen LogP contribution in [0.3, 0.4) is 0 Å². The smallest absolute Gasteiger partial charge is 0.171 e. The van der Waals surface area contributed by atoms with Gasteiger partial charge in [0.1, 0.15) is 5.94 Å². The first kappa shape index (κ1) is 43.1. The summed E-state index contributed by atoms with van der Waals surface area (Å²) in [5, 5.41) is 7.57. The van der Waals surface area contributed by atoms with Crippen molar-refractivity contribution in [1.82, 2.24) is 0 Å². The molecule has 0 radical (unpaired) electrons. The van der Waals surface area contributed by atoms with Crippen molar-refractivity contribution in [3.05, 3.63) is 0 Å². The molecule has 0 aliphatic heterocycles. The fourth-order valence-electron chi connectivity index (χ4n) is 0.439. The van der Waals surface area contributed by atoms with Crippen LogP contribution >= 0.6 is 0 Å². The zero-order valence-electron chi connectivity index (χ0n) is 13.7. The Morgan fingerprint density at radius 1 is 0.773 bits per heavy atom. The molecule has 0 aromatic heterocycles. The molecule has 0 aromatic carbocycles. The van der Waals surface area contributed by atoms with Crippen molar-refractivity contribution in [1.29, 1.82) is 0 Å². The fourth-order valence-corrected chi connectivity index (χ4v) is 0.908. The average Bonchev–Trinajstić information content (AvgIpc) is 2.29. The molecular weight excluding hydrogens is 304 g/mol. The maximum absolute atomic E-state index is 10.3. The van der Waals surface area contributed by atoms with Crippen LogP contribution in [0.2, 0.25) is 0 Å². The monoisotopic (exact) mass is 350 g/mol. The Labute approximate surface area is 142 Å². The molecule has 0 bridgehead atoms. The third-order valence-electron chi connectivity index (χ3n) is 0.910. The van der Waals surface area contributed by atoms with Crippen molar-refractivity contribution in [3.8, 4) is 0 Å². The van der Waals surface area contributed by atoms with Crippen molar-refractivity contribution in [2.45, 2.75) is 70.2 Å². The van der Waals surface area contributed by atoms with E-state index in [4.69, 9.17) is 9.84 Å². The Kier molecular flexibility index (Phi) is 83.8. The highest BCUT2D eigenvalue weighted by Gasteiger charge is 1.97. The van der Waals surface area contributed by atoms with E-state index in [2.05, 4.69) is 18.6 Å². The Morgan fingerprint density at radius 3 is 1.05 bits per heavy atom. The van der Waals surface area contributed by atoms with Crippen LogP contribution in [-0.2, 0) is 19.3 Å². The SMILES string of the molecule is C.C.C.CCC.CCO.CCOCC.CCOCS(C)(=O)=O. The van der Waals surface area contributed by atoms with Gasteiger partial charge in [0.05, 0.1) is 0 Å². The lowest BCUT2D eigenvalue weighted by Crippen LogP contribution is -2.06. The summed E-state index contributed by atoms with van der Waals surface area (Å²) in [5.41, 5.74) is 0. The van der Waals surface area contributed by atoms with E-state index in [1.165, 1.54) is 6.42 Å². The Balaban J connectivity index is -0.0000000284. The first-order valence-electron chi connectivity index (χ1n) is 6.74. The number of aliphatic hydroxyl groups excluding tert-OH is 1. The van der Waals surface area contributed by atoms with Gasteiger partial charge in [-0.3, -0.25) is 0 Å². The molecule has 0 aliphatic carbocycles. The van der Waals surface area contributed by atoms with E-state index in [0.29, 0.717) is 6.61 Å². The highest BCUT2D eigenvalue weighted by molar-refractivity contribution is 7.90. The van der Waals surface area contributed by atoms with Crippen molar-refractivity contribution in [2.24, 2.45) is 0 Å². The third kappa shape index (κ3) is 151. The van der Waals surface area contributed by atoms with Gasteiger partial charge in [-0.05, 0) is 27.7 Å². The zero-order valence-corrected chi connectivity index (χ0v) is 14.5. The molecule has 0 aromatic rings. The van der Waals surface area contributed by atoms with E-state index in [0.717, 1.165) is 19.5 Å². The minimum Gasteiger partial charge on any atom is -0.397 e. The second-order valence-electron chi connectivity index (χ2n) is 3.34. The van der Waals surface area contributed by atoms with Crippen LogP contribution in [-0.4, -0.2) is 52.1 Å². The number of sulfone groups is 1. The molecule has 0 atom stereocenters. The van der Waals surface area contributed by atoms with Crippen molar-refractivity contribution in [2.75, 3.05) is 38.6 Å². The maximum atomic E-state index is 10.3. The largest absolute Gasteiger partial charge is 0.397 e. The predicted molar refractivity (Wildman–Crippen MR) is 102 cm³/mol. The summed E-state index contributed by atoms with van der Waals surface area (Å²) in [6, 6.07) is 0. The zero-order chi connectivity index (χ0) is 16.2. The Bertz CT molecular complexity index is 201. The topological polar surface area (TPSA) is 72.8 Å². The molecule has 0 amide bonds. The van der Waals surface area contributed by atoms with Crippen LogP contribution in [0.4, 0.5) is 0 Å². The fraction of sp³-hybridized carbons (Fsp3) is 1.00. The minimum absolute atomic E-state index is 0. The highest BCUT2D eigenvalue weighted by Crippen LogP contribution is 1.82. The number of ether oxygens (including phenoxy) is 2. The molecule has 0 rings (SSSR count). The quantitative estimate of drug-likeness (QED) is 0.796. The van der Waals surface area contributed by atoms with E-state index < -0.39 is 9.84 Å². The summed E-state index contributed by atoms with van der Waals surface area (Å²) < 4.78 is 30.0. The van der Waals surface area contributed by atoms with Gasteiger partial charge in [0, 0.05) is 32.7 Å². The van der Waals surface area contributed by atoms with Gasteiger partial charge in [0.15, 0.2) is 9.84 Å². The molecule has 5 nitrogen and oxygen atoms in total. The summed E-state index contributed by atoms with van der Waals surface area (Å²) in [6.45, 7) is 14.1. The molecule has 6 heteroatoms. The minimum atomic E-state index is -2.91. The molecule has 0 saturated carbocycles. The van der Waals surface area contributed by atoms with Crippen LogP contribution in [0.15, 0.2) is 0 Å². The first-order chi connectivity index (χ1) is 8.80. The summed E-state index contributed by atoms with van der Waals surface area (Å²) in [6.07, 6.45) is 2.39. The van der Waals surface area contributed by atoms with Crippen molar-refractivity contribution >= 4 is 9.84 Å². The Hall–Kier alpha value is -0.170. The molecule has 1 N–H and O–H groups in total. The summed E-state index contributed by atoms with van der Waals surface area (Å²) in [4.78, 5) is 0. The summed E-state index contributed by atoms with van der Waals surface area (Å²) in [5.74, 6) is -0.163. The second kappa shape index (κ2) is 42.8. The Morgan fingerprint density at radius 2 is 1.00 bits per heavy atom. The summed E-state index contributed by atoms with van der Waals surface area (Å²) >= 11 is 0. The van der Waals surface area contributed by atoms with Crippen molar-refractivity contribution in [3.63, 3.8) is 0 Å². The van der Waals surface area contributed by atoms with Crippen molar-refractivity contribution < 1.29 is 23.0 Å². The first-order valence-corrected chi connectivity index (χ1v) is 8.80. The number of rotatable bonds is 5. The average molecular weight is 351 g/mol. The van der Waals surface area contributed by atoms with Crippen LogP contribution in [0.5, 0.6) is 0 Å². The molecule has 0 spiro atoms. The lowest BCUT2D eigenvalue weighted by Gasteiger charge is -1.94. The normalized spacial score (nSPS) is 7.82. The molecule has 22 heavy (non-hydrogen) atoms. The lowest BCUT2D eigenvalue weighted by atomic mass is 10.6. The number of hydrogen-bond donors (Lipinski definition) is 1. The van der Waals surface area contributed by atoms with Gasteiger partial charge in [-0.2, -0.15) is 0 Å². The number of aliphatic hydroxyl groups is 1. The highest BCUT2D eigenvalue weighted by atomic mass is 32.2. The molecule has 0 unspecified atom stereocenters. The number of hydrogen-bond acceptors (Lipinski definition) is 5. The van der Waals surface area contributed by atoms with E-state index in [9.17, 15) is 8.42 Å². The molecule has 146 valence electrons. The lowest BCUT2D eigenvalue weighted by molar-refractivity contribution is 0.162. The maximum Gasteiger partial charge on any atom is 0.171 e. The molecule has 0 saturated heterocycles. The van der Waals surface area contributed by atoms with Gasteiger partial charge in [-0.15, -0.1) is 0 Å². The van der Waals surface area contributed by atoms with Crippen LogP contribution in [0.25, 0.3) is 0 Å². The summed E-state index contributed by atoms with van der Waals surface area (Å²) in [7, 11) is -2.91. The van der Waals surface area contributed by atoms with Gasteiger partial charge in [0.25, 0.3) is 0 Å². The van der Waals surface area contributed by atoms with Gasteiger partial charge >= 0.3 is 0 Å². The molecular formula is C16H46O5S. The van der Waals surface area contributed by atoms with Gasteiger partial charge in [-0.1, -0.05) is 42.5 Å². The van der Waals surface area contributed by atoms with Gasteiger partial charge < -0.3 is 14.6 Å². The predicted octanol–water partition coefficient (Wildman–Crippen LogP) is 4.39. The molecule has 0 heterocycles. The van der Waals surface area contributed by atoms with Crippen LogP contribution < -0.4 is 0 Å². The second-order valence-corrected chi connectivity index (χ2v) is 5.43. The molecule has 0 aliphatic rings. The van der Waals surface area contributed by atoms with E-state index in [-0.39, 0.29) is 34.8 Å². The van der Waals surface area contributed by atoms with E-state index in [1.54, 1.807) is 13.8 Å². The molecule has 0 fully saturated rings. The third-order valence-corrected chi connectivity index (χ3v) is 1.50. The van der Waals surface area contributed by atoms with E-state index >= 15 is 0 Å². The van der Waals surface area contributed by atoms with Gasteiger partial charge in [0.2, 0.25) is 0 Å². The standard InChI is InChI=1S/C4H10O3S.C4H10O.C3H8.C2H6O.3CH4/c1-3-7-4-8(2,5)6;1-3-5-4-2;1-3-2;1-2-3;;;/h3-4H2,1-2H3;3-4H2,1-2H3;3H2,1-2H3;3H,2H2,1H3;3*1H4. The van der Waals surface area contributed by atoms with Crippen LogP contribution in [0, 0.1) is 0 Å². The van der Waals surface area contributed by atoms with Gasteiger partial charge in [-0.25, -0.2) is 8.42 Å². The van der Waals surface area contributed by atoms with Crippen LogP contribution in [0.1, 0.15) is 70.2 Å².